The second kappa shape index (κ2) is 1.87. The molecule has 0 aromatic heterocycles. The van der Waals surface area contributed by atoms with E-state index in [9.17, 15) is 0 Å². The van der Waals surface area contributed by atoms with Crippen LogP contribution in [0.3, 0.4) is 0 Å². The minimum atomic E-state index is 0.531. The topological polar surface area (TPSA) is 0 Å². The van der Waals surface area contributed by atoms with Crippen molar-refractivity contribution in [3.8, 4) is 0 Å². The lowest BCUT2D eigenvalue weighted by Crippen LogP contribution is -2.54. The van der Waals surface area contributed by atoms with Gasteiger partial charge < -0.3 is 0 Å². The first-order valence-electron chi connectivity index (χ1n) is 5.21. The number of alkyl halides is 1. The molecule has 1 heteroatoms. The minimum absolute atomic E-state index is 0.531. The van der Waals surface area contributed by atoms with Gasteiger partial charge in [0.1, 0.15) is 0 Å². The van der Waals surface area contributed by atoms with Gasteiger partial charge in [-0.2, -0.15) is 0 Å². The molecule has 0 N–H and O–H groups in total. The van der Waals surface area contributed by atoms with E-state index < -0.39 is 0 Å². The van der Waals surface area contributed by atoms with E-state index in [1.807, 2.05) is 0 Å². The molecule has 4 aliphatic rings. The largest absolute Gasteiger partial charge is 0.122 e. The summed E-state index contributed by atoms with van der Waals surface area (Å²) in [5.74, 6) is 1.99. The third-order valence-corrected chi connectivity index (χ3v) is 5.73. The second-order valence-corrected chi connectivity index (χ2v) is 6.28. The Hall–Kier alpha value is 0.290. The maximum absolute atomic E-state index is 6.27. The molecule has 4 saturated carbocycles. The van der Waals surface area contributed by atoms with Crippen LogP contribution in [-0.4, -0.2) is 5.38 Å². The van der Waals surface area contributed by atoms with Crippen LogP contribution in [0, 0.1) is 22.7 Å². The Balaban J connectivity index is 1.92. The quantitative estimate of drug-likeness (QED) is 0.506. The summed E-state index contributed by atoms with van der Waals surface area (Å²) < 4.78 is 0. The molecule has 1 spiro atoms. The average molecular weight is 185 g/mol. The zero-order valence-electron chi connectivity index (χ0n) is 7.94. The summed E-state index contributed by atoms with van der Waals surface area (Å²) in [6.45, 7) is 4.91. The molecule has 4 fully saturated rings. The Bertz CT molecular complexity index is 231. The van der Waals surface area contributed by atoms with Crippen LogP contribution in [0.4, 0.5) is 0 Å². The van der Waals surface area contributed by atoms with Crippen LogP contribution in [-0.2, 0) is 0 Å². The van der Waals surface area contributed by atoms with Crippen molar-refractivity contribution < 1.29 is 0 Å². The van der Waals surface area contributed by atoms with E-state index in [4.69, 9.17) is 11.6 Å². The number of hydrogen-bond donors (Lipinski definition) is 0. The lowest BCUT2D eigenvalue weighted by molar-refractivity contribution is -0.116. The number of halogens is 1. The summed E-state index contributed by atoms with van der Waals surface area (Å²) >= 11 is 6.27. The second-order valence-electron chi connectivity index (χ2n) is 5.75. The summed E-state index contributed by atoms with van der Waals surface area (Å²) in [7, 11) is 0. The molecule has 0 aliphatic heterocycles. The standard InChI is InChI=1S/C11H17Cl/c1-10(2)7-3-4-11(6-9(11)12)8(10)5-7/h7-9H,3-6H2,1-2H3/t7-,8+,9-,11+/m1/s1. The highest BCUT2D eigenvalue weighted by atomic mass is 35.5. The first-order valence-corrected chi connectivity index (χ1v) is 5.65. The Kier molecular flexibility index (Phi) is 1.19. The molecule has 4 atom stereocenters. The van der Waals surface area contributed by atoms with E-state index in [1.54, 1.807) is 0 Å². The molecule has 0 aromatic rings. The van der Waals surface area contributed by atoms with Crippen LogP contribution in [0.15, 0.2) is 0 Å². The SMILES string of the molecule is CC1(C)[C@@H]2CC[C@]3(C[C@H]3Cl)[C@H]1C2. The Morgan fingerprint density at radius 3 is 2.33 bits per heavy atom. The summed E-state index contributed by atoms with van der Waals surface area (Å²) in [6.07, 6.45) is 5.68. The molecule has 0 saturated heterocycles. The zero-order chi connectivity index (χ0) is 8.56. The molecule has 0 heterocycles. The van der Waals surface area contributed by atoms with Gasteiger partial charge in [0.05, 0.1) is 0 Å². The van der Waals surface area contributed by atoms with Crippen LogP contribution in [0.25, 0.3) is 0 Å². The molecule has 12 heavy (non-hydrogen) atoms. The number of fused-ring (bicyclic) bond motifs is 1. The Morgan fingerprint density at radius 1 is 1.33 bits per heavy atom. The minimum Gasteiger partial charge on any atom is -0.122 e. The maximum atomic E-state index is 6.27. The highest BCUT2D eigenvalue weighted by Crippen LogP contribution is 2.75. The fraction of sp³-hybridized carbons (Fsp3) is 1.00. The zero-order valence-corrected chi connectivity index (χ0v) is 8.69. The molecule has 0 radical (unpaired) electrons. The van der Waals surface area contributed by atoms with E-state index in [-0.39, 0.29) is 0 Å². The summed E-state index contributed by atoms with van der Waals surface area (Å²) in [6, 6.07) is 0. The van der Waals surface area contributed by atoms with Crippen molar-refractivity contribution in [3.63, 3.8) is 0 Å². The molecule has 0 unspecified atom stereocenters. The Morgan fingerprint density at radius 2 is 2.00 bits per heavy atom. The molecule has 4 aliphatic carbocycles. The number of hydrogen-bond acceptors (Lipinski definition) is 0. The van der Waals surface area contributed by atoms with Crippen molar-refractivity contribution in [1.82, 2.24) is 0 Å². The maximum Gasteiger partial charge on any atom is 0.0401 e. The van der Waals surface area contributed by atoms with Gasteiger partial charge in [-0.15, -0.1) is 11.6 Å². The van der Waals surface area contributed by atoms with Gasteiger partial charge in [-0.25, -0.2) is 0 Å². The summed E-state index contributed by atoms with van der Waals surface area (Å²) in [5.41, 5.74) is 1.24. The third kappa shape index (κ3) is 0.639. The molecule has 2 bridgehead atoms. The molecule has 0 nitrogen and oxygen atoms in total. The van der Waals surface area contributed by atoms with Crippen molar-refractivity contribution in [2.24, 2.45) is 22.7 Å². The van der Waals surface area contributed by atoms with Gasteiger partial charge in [0.15, 0.2) is 0 Å². The summed E-state index contributed by atoms with van der Waals surface area (Å²) in [5, 5.41) is 0.531. The fourth-order valence-electron chi connectivity index (χ4n) is 3.99. The molecule has 68 valence electrons. The van der Waals surface area contributed by atoms with E-state index in [2.05, 4.69) is 13.8 Å². The van der Waals surface area contributed by atoms with E-state index in [0.717, 1.165) is 11.8 Å². The van der Waals surface area contributed by atoms with Gasteiger partial charge in [-0.3, -0.25) is 0 Å². The lowest BCUT2D eigenvalue weighted by Gasteiger charge is -2.61. The van der Waals surface area contributed by atoms with E-state index in [0.29, 0.717) is 16.2 Å². The van der Waals surface area contributed by atoms with Crippen molar-refractivity contribution in [2.45, 2.75) is 44.9 Å². The van der Waals surface area contributed by atoms with Gasteiger partial charge in [-0.1, -0.05) is 13.8 Å². The highest BCUT2D eigenvalue weighted by Gasteiger charge is 2.69. The normalized spacial score (nSPS) is 59.8. The van der Waals surface area contributed by atoms with E-state index in [1.165, 1.54) is 25.7 Å². The van der Waals surface area contributed by atoms with Crippen molar-refractivity contribution in [1.29, 1.82) is 0 Å². The summed E-state index contributed by atoms with van der Waals surface area (Å²) in [4.78, 5) is 0. The monoisotopic (exact) mass is 184 g/mol. The molecular formula is C11H17Cl. The first-order chi connectivity index (χ1) is 5.57. The third-order valence-electron chi connectivity index (χ3n) is 5.15. The van der Waals surface area contributed by atoms with Crippen LogP contribution < -0.4 is 0 Å². The van der Waals surface area contributed by atoms with Gasteiger partial charge in [0.2, 0.25) is 0 Å². The van der Waals surface area contributed by atoms with Gasteiger partial charge >= 0.3 is 0 Å². The van der Waals surface area contributed by atoms with E-state index >= 15 is 0 Å². The Labute approximate surface area is 79.7 Å². The van der Waals surface area contributed by atoms with Crippen molar-refractivity contribution >= 4 is 11.6 Å². The van der Waals surface area contributed by atoms with Crippen LogP contribution in [0.1, 0.15) is 39.5 Å². The molecule has 0 aromatic carbocycles. The van der Waals surface area contributed by atoms with Crippen LogP contribution in [0.2, 0.25) is 0 Å². The molecular weight excluding hydrogens is 168 g/mol. The predicted octanol–water partition coefficient (Wildman–Crippen LogP) is 3.44. The van der Waals surface area contributed by atoms with Crippen molar-refractivity contribution in [2.75, 3.05) is 0 Å². The number of rotatable bonds is 0. The van der Waals surface area contributed by atoms with Crippen LogP contribution >= 0.6 is 11.6 Å². The first kappa shape index (κ1) is 7.67. The average Bonchev–Trinajstić information content (AvgIpc) is 2.60. The lowest BCUT2D eigenvalue weighted by atomic mass is 9.44. The highest BCUT2D eigenvalue weighted by molar-refractivity contribution is 6.23. The van der Waals surface area contributed by atoms with Crippen molar-refractivity contribution in [3.05, 3.63) is 0 Å². The molecule has 0 amide bonds. The molecule has 4 rings (SSSR count). The smallest absolute Gasteiger partial charge is 0.0401 e. The van der Waals surface area contributed by atoms with Gasteiger partial charge in [0.25, 0.3) is 0 Å². The predicted molar refractivity (Wildman–Crippen MR) is 51.3 cm³/mol. The van der Waals surface area contributed by atoms with Crippen LogP contribution in [0.5, 0.6) is 0 Å². The van der Waals surface area contributed by atoms with Gasteiger partial charge in [-0.05, 0) is 48.3 Å². The fourth-order valence-corrected chi connectivity index (χ4v) is 4.54. The van der Waals surface area contributed by atoms with Gasteiger partial charge in [0, 0.05) is 5.38 Å².